The molecule has 1 atom stereocenters. The number of nitrogens with one attached hydrogen (secondary N) is 3. The van der Waals surface area contributed by atoms with Crippen LogP contribution in [-0.4, -0.2) is 30.1 Å². The van der Waals surface area contributed by atoms with Crippen LogP contribution in [-0.2, 0) is 9.59 Å². The van der Waals surface area contributed by atoms with Crippen molar-refractivity contribution in [1.82, 2.24) is 5.32 Å². The summed E-state index contributed by atoms with van der Waals surface area (Å²) in [5.74, 6) is -0.815. The Hall–Kier alpha value is -3.95. The number of benzene rings is 4. The zero-order chi connectivity index (χ0) is 31.8. The number of methoxy groups -OCH3 is 1. The third kappa shape index (κ3) is 8.80. The van der Waals surface area contributed by atoms with Gasteiger partial charge in [-0.1, -0.05) is 65.1 Å². The molecule has 0 fully saturated rings. The zero-order valence-electron chi connectivity index (χ0n) is 23.9. The van der Waals surface area contributed by atoms with E-state index in [0.717, 1.165) is 10.5 Å². The Labute approximate surface area is 274 Å². The van der Waals surface area contributed by atoms with E-state index in [1.807, 2.05) is 13.0 Å². The maximum absolute atomic E-state index is 13.5. The smallest absolute Gasteiger partial charge is 0.272 e. The second-order valence-electron chi connectivity index (χ2n) is 9.58. The molecule has 4 rings (SSSR count). The highest BCUT2D eigenvalue weighted by molar-refractivity contribution is 8.00. The van der Waals surface area contributed by atoms with Crippen molar-refractivity contribution in [2.75, 3.05) is 17.7 Å². The van der Waals surface area contributed by atoms with E-state index in [1.54, 1.807) is 85.8 Å². The molecule has 4 aromatic rings. The molecule has 44 heavy (non-hydrogen) atoms. The fraction of sp³-hybridized carbons (Fsp3) is 0.121. The maximum atomic E-state index is 13.5. The van der Waals surface area contributed by atoms with Crippen LogP contribution in [0.2, 0.25) is 15.1 Å². The number of anilines is 2. The van der Waals surface area contributed by atoms with Gasteiger partial charge in [-0.3, -0.25) is 14.4 Å². The molecule has 0 aliphatic carbocycles. The maximum Gasteiger partial charge on any atom is 0.272 e. The SMILES string of the molecule is COc1cc(Cl)c(C)cc1NC(=O)C(C)Sc1cccc(NC(=O)/C(=C\c2ccc(Cl)cc2Cl)NC(=O)c2ccccc2)c1. The van der Waals surface area contributed by atoms with E-state index in [-0.39, 0.29) is 11.6 Å². The van der Waals surface area contributed by atoms with Crippen LogP contribution in [0.5, 0.6) is 5.75 Å². The standard InChI is InChI=1S/C33H28Cl3N3O4S/c1-19-14-28(30(43-3)18-26(19)35)38-31(40)20(2)44-25-11-7-10-24(17-25)37-33(42)29(15-22-12-13-23(34)16-27(22)36)39-32(41)21-8-5-4-6-9-21/h4-18,20H,1-3H3,(H,37,42)(H,38,40)(H,39,41)/b29-15+. The molecular weight excluding hydrogens is 641 g/mol. The lowest BCUT2D eigenvalue weighted by molar-refractivity contribution is -0.115. The summed E-state index contributed by atoms with van der Waals surface area (Å²) >= 11 is 19.9. The van der Waals surface area contributed by atoms with Crippen molar-refractivity contribution in [3.05, 3.63) is 122 Å². The molecule has 0 bridgehead atoms. The first-order valence-corrected chi connectivity index (χ1v) is 15.3. The van der Waals surface area contributed by atoms with E-state index in [2.05, 4.69) is 16.0 Å². The average molecular weight is 669 g/mol. The third-order valence-electron chi connectivity index (χ3n) is 6.30. The molecule has 0 radical (unpaired) electrons. The van der Waals surface area contributed by atoms with Crippen LogP contribution in [0.4, 0.5) is 11.4 Å². The Balaban J connectivity index is 1.50. The summed E-state index contributed by atoms with van der Waals surface area (Å²) in [5.41, 5.74) is 2.63. The summed E-state index contributed by atoms with van der Waals surface area (Å²) in [6, 6.07) is 23.8. The van der Waals surface area contributed by atoms with Crippen molar-refractivity contribution in [1.29, 1.82) is 0 Å². The van der Waals surface area contributed by atoms with Gasteiger partial charge in [0.15, 0.2) is 0 Å². The van der Waals surface area contributed by atoms with Gasteiger partial charge in [0.05, 0.1) is 18.0 Å². The largest absolute Gasteiger partial charge is 0.495 e. The molecule has 0 saturated heterocycles. The molecule has 7 nitrogen and oxygen atoms in total. The van der Waals surface area contributed by atoms with Gasteiger partial charge in [-0.2, -0.15) is 0 Å². The average Bonchev–Trinajstić information content (AvgIpc) is 3.00. The van der Waals surface area contributed by atoms with E-state index in [1.165, 1.54) is 24.9 Å². The van der Waals surface area contributed by atoms with Gasteiger partial charge in [0.2, 0.25) is 5.91 Å². The summed E-state index contributed by atoms with van der Waals surface area (Å²) in [7, 11) is 1.51. The number of halogens is 3. The lowest BCUT2D eigenvalue weighted by Crippen LogP contribution is -2.30. The molecule has 0 aliphatic heterocycles. The van der Waals surface area contributed by atoms with Crippen LogP contribution in [0, 0.1) is 6.92 Å². The number of amides is 3. The number of rotatable bonds is 10. The molecular formula is C33H28Cl3N3O4S. The summed E-state index contributed by atoms with van der Waals surface area (Å²) in [6.45, 7) is 3.61. The van der Waals surface area contributed by atoms with E-state index in [0.29, 0.717) is 43.3 Å². The fourth-order valence-electron chi connectivity index (χ4n) is 3.98. The summed E-state index contributed by atoms with van der Waals surface area (Å²) in [6.07, 6.45) is 1.48. The second kappa shape index (κ2) is 15.2. The van der Waals surface area contributed by atoms with Crippen LogP contribution < -0.4 is 20.7 Å². The van der Waals surface area contributed by atoms with Gasteiger partial charge in [0.1, 0.15) is 11.4 Å². The molecule has 0 saturated carbocycles. The van der Waals surface area contributed by atoms with Crippen LogP contribution in [0.15, 0.2) is 95.5 Å². The fourth-order valence-corrected chi connectivity index (χ4v) is 5.53. The van der Waals surface area contributed by atoms with Crippen LogP contribution in [0.25, 0.3) is 6.08 Å². The van der Waals surface area contributed by atoms with Gasteiger partial charge in [-0.25, -0.2) is 0 Å². The summed E-state index contributed by atoms with van der Waals surface area (Å²) in [5, 5.41) is 9.20. The molecule has 0 aliphatic rings. The van der Waals surface area contributed by atoms with E-state index in [9.17, 15) is 14.4 Å². The van der Waals surface area contributed by atoms with Crippen molar-refractivity contribution in [3.8, 4) is 5.75 Å². The third-order valence-corrected chi connectivity index (χ3v) is 8.37. The van der Waals surface area contributed by atoms with E-state index < -0.39 is 17.1 Å². The molecule has 3 N–H and O–H groups in total. The minimum absolute atomic E-state index is 0.0268. The van der Waals surface area contributed by atoms with Crippen LogP contribution in [0.1, 0.15) is 28.4 Å². The molecule has 0 heterocycles. The molecule has 4 aromatic carbocycles. The number of aryl methyl sites for hydroxylation is 1. The Morgan fingerprint density at radius 2 is 1.61 bits per heavy atom. The predicted molar refractivity (Wildman–Crippen MR) is 180 cm³/mol. The second-order valence-corrected chi connectivity index (χ2v) is 12.2. The van der Waals surface area contributed by atoms with E-state index in [4.69, 9.17) is 39.5 Å². The Kier molecular flexibility index (Phi) is 11.4. The topological polar surface area (TPSA) is 96.5 Å². The summed E-state index contributed by atoms with van der Waals surface area (Å²) in [4.78, 5) is 40.2. The van der Waals surface area contributed by atoms with E-state index >= 15 is 0 Å². The monoisotopic (exact) mass is 667 g/mol. The molecule has 0 spiro atoms. The van der Waals surface area contributed by atoms with Gasteiger partial charge >= 0.3 is 0 Å². The first kappa shape index (κ1) is 33.0. The number of carbonyl (C=O) groups is 3. The highest BCUT2D eigenvalue weighted by atomic mass is 35.5. The summed E-state index contributed by atoms with van der Waals surface area (Å²) < 4.78 is 5.36. The number of hydrogen-bond donors (Lipinski definition) is 3. The molecule has 11 heteroatoms. The van der Waals surface area contributed by atoms with Crippen molar-refractivity contribution < 1.29 is 19.1 Å². The Morgan fingerprint density at radius 3 is 2.32 bits per heavy atom. The minimum Gasteiger partial charge on any atom is -0.495 e. The first-order chi connectivity index (χ1) is 21.0. The molecule has 1 unspecified atom stereocenters. The normalized spacial score (nSPS) is 11.8. The predicted octanol–water partition coefficient (Wildman–Crippen LogP) is 8.49. The zero-order valence-corrected chi connectivity index (χ0v) is 27.0. The molecule has 3 amide bonds. The number of carbonyl (C=O) groups excluding carboxylic acids is 3. The first-order valence-electron chi connectivity index (χ1n) is 13.3. The highest BCUT2D eigenvalue weighted by Gasteiger charge is 2.19. The quantitative estimate of drug-likeness (QED) is 0.116. The van der Waals surface area contributed by atoms with Crippen LogP contribution >= 0.6 is 46.6 Å². The Bertz CT molecular complexity index is 1730. The van der Waals surface area contributed by atoms with Crippen molar-refractivity contribution in [2.24, 2.45) is 0 Å². The lowest BCUT2D eigenvalue weighted by Gasteiger charge is -2.16. The number of ether oxygens (including phenoxy) is 1. The van der Waals surface area contributed by atoms with Crippen molar-refractivity contribution in [2.45, 2.75) is 24.0 Å². The van der Waals surface area contributed by atoms with Gasteiger partial charge < -0.3 is 20.7 Å². The highest BCUT2D eigenvalue weighted by Crippen LogP contribution is 2.33. The minimum atomic E-state index is -0.571. The van der Waals surface area contributed by atoms with Gasteiger partial charge in [0, 0.05) is 37.3 Å². The molecule has 226 valence electrons. The number of thioether (sulfide) groups is 1. The molecule has 0 aromatic heterocycles. The van der Waals surface area contributed by atoms with Crippen molar-refractivity contribution in [3.63, 3.8) is 0 Å². The van der Waals surface area contributed by atoms with Gasteiger partial charge in [-0.15, -0.1) is 11.8 Å². The van der Waals surface area contributed by atoms with Gasteiger partial charge in [0.25, 0.3) is 11.8 Å². The number of hydrogen-bond acceptors (Lipinski definition) is 5. The lowest BCUT2D eigenvalue weighted by atomic mass is 10.1. The van der Waals surface area contributed by atoms with Crippen molar-refractivity contribution >= 4 is 81.7 Å². The van der Waals surface area contributed by atoms with Gasteiger partial charge in [-0.05, 0) is 79.6 Å². The Morgan fingerprint density at radius 1 is 0.864 bits per heavy atom. The van der Waals surface area contributed by atoms with Crippen LogP contribution in [0.3, 0.4) is 0 Å².